The molecular weight excluding hydrogens is 377 g/mol. The molecule has 0 saturated heterocycles. The second kappa shape index (κ2) is 10.8. The summed E-state index contributed by atoms with van der Waals surface area (Å²) in [5.74, 6) is -0.0731. The first kappa shape index (κ1) is 23.9. The van der Waals surface area contributed by atoms with E-state index in [1.165, 1.54) is 16.9 Å². The number of carbonyl (C=O) groups excluding carboxylic acids is 1. The minimum absolute atomic E-state index is 0. The smallest absolute Gasteiger partial charge is 0.263 e. The highest BCUT2D eigenvalue weighted by Crippen LogP contribution is 2.21. The summed E-state index contributed by atoms with van der Waals surface area (Å²) in [6.45, 7) is 6.47. The van der Waals surface area contributed by atoms with E-state index in [-0.39, 0.29) is 36.3 Å². The summed E-state index contributed by atoms with van der Waals surface area (Å²) in [6, 6.07) is 10.2. The first-order valence-corrected chi connectivity index (χ1v) is 8.86. The molecule has 0 aliphatic rings. The van der Waals surface area contributed by atoms with Gasteiger partial charge in [-0.2, -0.15) is 0 Å². The van der Waals surface area contributed by atoms with E-state index < -0.39 is 0 Å². The third kappa shape index (κ3) is 6.59. The van der Waals surface area contributed by atoms with E-state index >= 15 is 0 Å². The van der Waals surface area contributed by atoms with E-state index in [4.69, 9.17) is 5.73 Å². The van der Waals surface area contributed by atoms with Gasteiger partial charge in [-0.3, -0.25) is 4.79 Å². The number of aromatic nitrogens is 1. The maximum Gasteiger partial charge on any atom is 0.263 e. The molecule has 1 aromatic heterocycles. The van der Waals surface area contributed by atoms with Crippen molar-refractivity contribution in [2.45, 2.75) is 45.6 Å². The highest BCUT2D eigenvalue weighted by Gasteiger charge is 2.23. The zero-order chi connectivity index (χ0) is 16.9. The van der Waals surface area contributed by atoms with Gasteiger partial charge in [-0.05, 0) is 25.3 Å². The summed E-state index contributed by atoms with van der Waals surface area (Å²) >= 11 is 1.46. The van der Waals surface area contributed by atoms with E-state index in [9.17, 15) is 4.79 Å². The van der Waals surface area contributed by atoms with Crippen LogP contribution in [0.5, 0.6) is 0 Å². The molecule has 2 rings (SSSR count). The lowest BCUT2D eigenvalue weighted by Gasteiger charge is -2.26. The Morgan fingerprint density at radius 3 is 2.36 bits per heavy atom. The number of nitrogens with one attached hydrogen (secondary N) is 1. The fourth-order valence-electron chi connectivity index (χ4n) is 2.35. The second-order valence-corrected chi connectivity index (χ2v) is 7.02. The fraction of sp³-hybridized carbons (Fsp3) is 0.444. The average molecular weight is 404 g/mol. The van der Waals surface area contributed by atoms with Crippen molar-refractivity contribution in [2.75, 3.05) is 6.54 Å². The third-order valence-corrected chi connectivity index (χ3v) is 5.41. The van der Waals surface area contributed by atoms with E-state index in [0.717, 1.165) is 30.0 Å². The molecule has 1 aromatic carbocycles. The number of thiazole rings is 1. The number of nitrogens with zero attached hydrogens (tertiary/aromatic N) is 1. The Labute approximate surface area is 166 Å². The molecule has 1 heterocycles. The Bertz CT molecular complexity index is 658. The first-order chi connectivity index (χ1) is 11.0. The van der Waals surface area contributed by atoms with Crippen LogP contribution < -0.4 is 11.1 Å². The monoisotopic (exact) mass is 403 g/mol. The molecule has 0 saturated carbocycles. The Hall–Kier alpha value is -1.14. The standard InChI is InChI=1S/C18H25N3OS.2ClH/c1-4-18(19,5-2)12-20-17(22)16-13(3)21-15(23-16)11-14-9-7-6-8-10-14;;/h6-10H,4-5,11-12,19H2,1-3H3,(H,20,22);2*1H. The van der Waals surface area contributed by atoms with Gasteiger partial charge in [0.25, 0.3) is 5.91 Å². The Kier molecular flexibility index (Phi) is 10.3. The number of aryl methyl sites for hydroxylation is 1. The number of benzene rings is 1. The number of hydrogen-bond donors (Lipinski definition) is 2. The van der Waals surface area contributed by atoms with Gasteiger partial charge in [0.1, 0.15) is 4.88 Å². The van der Waals surface area contributed by atoms with Crippen molar-refractivity contribution in [3.8, 4) is 0 Å². The number of carbonyl (C=O) groups is 1. The summed E-state index contributed by atoms with van der Waals surface area (Å²) < 4.78 is 0. The maximum atomic E-state index is 12.4. The molecule has 1 amide bonds. The topological polar surface area (TPSA) is 68.0 Å². The first-order valence-electron chi connectivity index (χ1n) is 8.04. The number of hydrogen-bond acceptors (Lipinski definition) is 4. The molecule has 7 heteroatoms. The highest BCUT2D eigenvalue weighted by atomic mass is 35.5. The molecule has 140 valence electrons. The predicted octanol–water partition coefficient (Wildman–Crippen LogP) is 4.13. The van der Waals surface area contributed by atoms with E-state index in [2.05, 4.69) is 22.4 Å². The lowest BCUT2D eigenvalue weighted by atomic mass is 9.94. The van der Waals surface area contributed by atoms with Gasteiger partial charge in [0.15, 0.2) is 0 Å². The molecular formula is C18H27Cl2N3OS. The number of rotatable bonds is 7. The normalized spacial score (nSPS) is 10.6. The average Bonchev–Trinajstić information content (AvgIpc) is 2.93. The molecule has 0 aliphatic carbocycles. The van der Waals surface area contributed by atoms with Gasteiger partial charge < -0.3 is 11.1 Å². The minimum Gasteiger partial charge on any atom is -0.349 e. The van der Waals surface area contributed by atoms with E-state index in [0.29, 0.717) is 11.4 Å². The number of halogens is 2. The molecule has 0 spiro atoms. The Morgan fingerprint density at radius 2 is 1.80 bits per heavy atom. The van der Waals surface area contributed by atoms with Gasteiger partial charge in [0.2, 0.25) is 0 Å². The van der Waals surface area contributed by atoms with Gasteiger partial charge in [0, 0.05) is 18.5 Å². The van der Waals surface area contributed by atoms with Crippen LogP contribution in [0.15, 0.2) is 30.3 Å². The Balaban J connectivity index is 0.00000288. The van der Waals surface area contributed by atoms with Gasteiger partial charge in [0.05, 0.1) is 10.7 Å². The van der Waals surface area contributed by atoms with Crippen LogP contribution in [-0.4, -0.2) is 23.0 Å². The number of amides is 1. The lowest BCUT2D eigenvalue weighted by Crippen LogP contribution is -2.49. The third-order valence-electron chi connectivity index (χ3n) is 4.25. The van der Waals surface area contributed by atoms with Crippen molar-refractivity contribution < 1.29 is 4.79 Å². The van der Waals surface area contributed by atoms with Crippen LogP contribution in [0.25, 0.3) is 0 Å². The van der Waals surface area contributed by atoms with Crippen molar-refractivity contribution in [1.29, 1.82) is 0 Å². The van der Waals surface area contributed by atoms with Crippen LogP contribution in [0.1, 0.15) is 52.6 Å². The number of nitrogens with two attached hydrogens (primary N) is 1. The molecule has 0 unspecified atom stereocenters. The largest absolute Gasteiger partial charge is 0.349 e. The van der Waals surface area contributed by atoms with Crippen molar-refractivity contribution in [1.82, 2.24) is 10.3 Å². The summed E-state index contributed by atoms with van der Waals surface area (Å²) in [6.07, 6.45) is 2.43. The van der Waals surface area contributed by atoms with Crippen molar-refractivity contribution in [3.05, 3.63) is 51.5 Å². The summed E-state index contributed by atoms with van der Waals surface area (Å²) in [5.41, 5.74) is 7.90. The molecule has 0 bridgehead atoms. The van der Waals surface area contributed by atoms with E-state index in [1.807, 2.05) is 39.0 Å². The van der Waals surface area contributed by atoms with Crippen LogP contribution in [0.3, 0.4) is 0 Å². The van der Waals surface area contributed by atoms with Crippen molar-refractivity contribution in [3.63, 3.8) is 0 Å². The predicted molar refractivity (Wildman–Crippen MR) is 110 cm³/mol. The maximum absolute atomic E-state index is 12.4. The summed E-state index contributed by atoms with van der Waals surface area (Å²) in [4.78, 5) is 17.6. The zero-order valence-electron chi connectivity index (χ0n) is 14.9. The second-order valence-electron chi connectivity index (χ2n) is 5.94. The summed E-state index contributed by atoms with van der Waals surface area (Å²) in [7, 11) is 0. The lowest BCUT2D eigenvalue weighted by molar-refractivity contribution is 0.0945. The highest BCUT2D eigenvalue weighted by molar-refractivity contribution is 7.13. The van der Waals surface area contributed by atoms with Crippen molar-refractivity contribution >= 4 is 42.1 Å². The Morgan fingerprint density at radius 1 is 1.20 bits per heavy atom. The zero-order valence-corrected chi connectivity index (χ0v) is 17.3. The van der Waals surface area contributed by atoms with Crippen LogP contribution in [0.2, 0.25) is 0 Å². The summed E-state index contributed by atoms with van der Waals surface area (Å²) in [5, 5.41) is 3.93. The van der Waals surface area contributed by atoms with Gasteiger partial charge >= 0.3 is 0 Å². The molecule has 2 aromatic rings. The molecule has 0 aliphatic heterocycles. The van der Waals surface area contributed by atoms with Crippen LogP contribution in [-0.2, 0) is 6.42 Å². The SMILES string of the molecule is CCC(N)(CC)CNC(=O)c1sc(Cc2ccccc2)nc1C.Cl.Cl. The molecule has 0 fully saturated rings. The minimum atomic E-state index is -0.332. The molecule has 4 nitrogen and oxygen atoms in total. The van der Waals surface area contributed by atoms with Gasteiger partial charge in [-0.15, -0.1) is 36.2 Å². The van der Waals surface area contributed by atoms with Gasteiger partial charge in [-0.25, -0.2) is 4.98 Å². The van der Waals surface area contributed by atoms with Crippen LogP contribution in [0.4, 0.5) is 0 Å². The molecule has 3 N–H and O–H groups in total. The molecule has 0 radical (unpaired) electrons. The molecule has 25 heavy (non-hydrogen) atoms. The quantitative estimate of drug-likeness (QED) is 0.729. The fourth-order valence-corrected chi connectivity index (χ4v) is 3.36. The van der Waals surface area contributed by atoms with Crippen LogP contribution >= 0.6 is 36.2 Å². The van der Waals surface area contributed by atoms with Gasteiger partial charge in [-0.1, -0.05) is 44.2 Å². The van der Waals surface area contributed by atoms with Crippen molar-refractivity contribution in [2.24, 2.45) is 5.73 Å². The van der Waals surface area contributed by atoms with E-state index in [1.54, 1.807) is 0 Å². The molecule has 0 atom stereocenters. The van der Waals surface area contributed by atoms with Crippen LogP contribution in [0, 0.1) is 6.92 Å².